The molecular weight excluding hydrogens is 534 g/mol. The molecule has 0 bridgehead atoms. The second kappa shape index (κ2) is 12.4. The molecule has 5 aromatic rings. The van der Waals surface area contributed by atoms with Gasteiger partial charge in [0.1, 0.15) is 18.1 Å². The predicted molar refractivity (Wildman–Crippen MR) is 167 cm³/mol. The van der Waals surface area contributed by atoms with Gasteiger partial charge in [0.2, 0.25) is 0 Å². The van der Waals surface area contributed by atoms with Crippen LogP contribution in [0, 0.1) is 6.92 Å². The summed E-state index contributed by atoms with van der Waals surface area (Å²) in [6.45, 7) is 9.15. The number of hydrogen-bond donors (Lipinski definition) is 0. The summed E-state index contributed by atoms with van der Waals surface area (Å²) in [7, 11) is 0. The van der Waals surface area contributed by atoms with E-state index < -0.39 is 0 Å². The van der Waals surface area contributed by atoms with Crippen LogP contribution in [0.4, 0.5) is 0 Å². The molecule has 6 nitrogen and oxygen atoms in total. The second-order valence-electron chi connectivity index (χ2n) is 10.1. The Morgan fingerprint density at radius 3 is 2.44 bits per heavy atom. The van der Waals surface area contributed by atoms with Gasteiger partial charge in [0.15, 0.2) is 5.82 Å². The highest BCUT2D eigenvalue weighted by atomic mass is 35.5. The molecule has 0 saturated heterocycles. The van der Waals surface area contributed by atoms with Crippen LogP contribution in [0.25, 0.3) is 22.3 Å². The zero-order chi connectivity index (χ0) is 28.9. The Labute approximate surface area is 244 Å². The lowest BCUT2D eigenvalue weighted by atomic mass is 9.96. The summed E-state index contributed by atoms with van der Waals surface area (Å²) in [6.07, 6.45) is 1.64. The van der Waals surface area contributed by atoms with Gasteiger partial charge in [-0.2, -0.15) is 9.78 Å². The van der Waals surface area contributed by atoms with Crippen LogP contribution in [0.3, 0.4) is 0 Å². The molecule has 41 heavy (non-hydrogen) atoms. The molecule has 0 atom stereocenters. The lowest BCUT2D eigenvalue weighted by Crippen LogP contribution is -2.21. The highest BCUT2D eigenvalue weighted by Gasteiger charge is 2.18. The second-order valence-corrected chi connectivity index (χ2v) is 10.5. The summed E-state index contributed by atoms with van der Waals surface area (Å²) >= 11 is 6.02. The van der Waals surface area contributed by atoms with Gasteiger partial charge >= 0.3 is 0 Å². The van der Waals surface area contributed by atoms with Crippen molar-refractivity contribution in [2.75, 3.05) is 6.61 Å². The number of aryl methyl sites for hydroxylation is 1. The van der Waals surface area contributed by atoms with E-state index in [1.807, 2.05) is 86.6 Å². The third-order valence-corrected chi connectivity index (χ3v) is 7.06. The number of para-hydroxylation sites is 2. The van der Waals surface area contributed by atoms with E-state index in [2.05, 4.69) is 19.9 Å². The van der Waals surface area contributed by atoms with Crippen LogP contribution in [0.1, 0.15) is 48.9 Å². The lowest BCUT2D eigenvalue weighted by Gasteiger charge is -2.18. The van der Waals surface area contributed by atoms with Gasteiger partial charge in [-0.25, -0.2) is 4.98 Å². The van der Waals surface area contributed by atoms with Gasteiger partial charge in [-0.15, -0.1) is 0 Å². The number of fused-ring (bicyclic) bond motifs is 1. The number of ether oxygens (including phenoxy) is 2. The minimum absolute atomic E-state index is 0.213. The third kappa shape index (κ3) is 6.18. The zero-order valence-electron chi connectivity index (χ0n) is 23.6. The van der Waals surface area contributed by atoms with Gasteiger partial charge < -0.3 is 9.47 Å². The molecule has 0 aliphatic rings. The Hall–Kier alpha value is -4.42. The molecule has 5 rings (SSSR count). The van der Waals surface area contributed by atoms with Gasteiger partial charge in [-0.3, -0.25) is 4.79 Å². The quantitative estimate of drug-likeness (QED) is 0.170. The first-order valence-electron chi connectivity index (χ1n) is 13.7. The van der Waals surface area contributed by atoms with Crippen molar-refractivity contribution >= 4 is 28.7 Å². The average Bonchev–Trinajstić information content (AvgIpc) is 2.97. The molecule has 0 N–H and O–H groups in total. The van der Waals surface area contributed by atoms with Crippen molar-refractivity contribution in [3.63, 3.8) is 0 Å². The van der Waals surface area contributed by atoms with Crippen molar-refractivity contribution in [3.05, 3.63) is 123 Å². The fourth-order valence-corrected chi connectivity index (χ4v) is 4.78. The Morgan fingerprint density at radius 1 is 0.951 bits per heavy atom. The largest absolute Gasteiger partial charge is 0.494 e. The van der Waals surface area contributed by atoms with E-state index in [1.54, 1.807) is 12.3 Å². The molecule has 7 heteroatoms. The first-order chi connectivity index (χ1) is 19.9. The zero-order valence-corrected chi connectivity index (χ0v) is 24.4. The Kier molecular flexibility index (Phi) is 8.50. The summed E-state index contributed by atoms with van der Waals surface area (Å²) in [5.74, 6) is 2.17. The molecule has 0 unspecified atom stereocenters. The van der Waals surface area contributed by atoms with Crippen LogP contribution in [0.2, 0.25) is 5.02 Å². The third-order valence-electron chi connectivity index (χ3n) is 6.81. The van der Waals surface area contributed by atoms with Crippen LogP contribution in [-0.2, 0) is 6.61 Å². The van der Waals surface area contributed by atoms with Gasteiger partial charge in [-0.1, -0.05) is 61.8 Å². The van der Waals surface area contributed by atoms with E-state index in [4.69, 9.17) is 31.2 Å². The minimum Gasteiger partial charge on any atom is -0.494 e. The van der Waals surface area contributed by atoms with Crippen molar-refractivity contribution < 1.29 is 9.47 Å². The molecule has 0 spiro atoms. The Bertz CT molecular complexity index is 1780. The highest BCUT2D eigenvalue weighted by Crippen LogP contribution is 2.34. The molecule has 0 aliphatic carbocycles. The summed E-state index contributed by atoms with van der Waals surface area (Å²) in [6, 6.07) is 26.5. The van der Waals surface area contributed by atoms with Crippen LogP contribution in [0.15, 0.2) is 94.8 Å². The van der Waals surface area contributed by atoms with Crippen LogP contribution in [-0.4, -0.2) is 22.5 Å². The predicted octanol–water partition coefficient (Wildman–Crippen LogP) is 8.01. The van der Waals surface area contributed by atoms with E-state index in [1.165, 1.54) is 4.68 Å². The smallest absolute Gasteiger partial charge is 0.282 e. The maximum absolute atomic E-state index is 13.8. The number of aromatic nitrogens is 2. The summed E-state index contributed by atoms with van der Waals surface area (Å²) in [5, 5.41) is 5.86. The van der Waals surface area contributed by atoms with Crippen LogP contribution in [0.5, 0.6) is 11.5 Å². The van der Waals surface area contributed by atoms with Crippen LogP contribution < -0.4 is 15.0 Å². The molecule has 1 aromatic heterocycles. The maximum Gasteiger partial charge on any atom is 0.282 e. The van der Waals surface area contributed by atoms with E-state index >= 15 is 0 Å². The van der Waals surface area contributed by atoms with E-state index in [0.717, 1.165) is 33.6 Å². The maximum atomic E-state index is 13.8. The average molecular weight is 566 g/mol. The summed E-state index contributed by atoms with van der Waals surface area (Å²) in [5.41, 5.74) is 4.90. The SMILES string of the molecule is CCOc1cc(C)c(-c2nc3ccccc3c(=O)n2N=Cc2ccccc2OCc2ccc(Cl)cc2)cc1C(C)C. The molecule has 0 amide bonds. The van der Waals surface area contributed by atoms with Crippen LogP contribution >= 0.6 is 11.6 Å². The molecule has 4 aromatic carbocycles. The number of benzene rings is 4. The van der Waals surface area contributed by atoms with Gasteiger partial charge in [0.05, 0.1) is 23.7 Å². The summed E-state index contributed by atoms with van der Waals surface area (Å²) in [4.78, 5) is 18.7. The highest BCUT2D eigenvalue weighted by molar-refractivity contribution is 6.30. The number of hydrogen-bond acceptors (Lipinski definition) is 5. The van der Waals surface area contributed by atoms with E-state index in [9.17, 15) is 4.79 Å². The van der Waals surface area contributed by atoms with Gasteiger partial charge in [0, 0.05) is 16.1 Å². The molecule has 1 heterocycles. The topological polar surface area (TPSA) is 65.7 Å². The number of nitrogens with zero attached hydrogens (tertiary/aromatic N) is 3. The van der Waals surface area contributed by atoms with Crippen molar-refractivity contribution in [1.29, 1.82) is 0 Å². The fourth-order valence-electron chi connectivity index (χ4n) is 4.66. The first-order valence-corrected chi connectivity index (χ1v) is 14.0. The van der Waals surface area contributed by atoms with E-state index in [-0.39, 0.29) is 11.5 Å². The van der Waals surface area contributed by atoms with Crippen molar-refractivity contribution in [3.8, 4) is 22.9 Å². The molecule has 0 radical (unpaired) electrons. The monoisotopic (exact) mass is 565 g/mol. The fraction of sp³-hybridized carbons (Fsp3) is 0.206. The Morgan fingerprint density at radius 2 is 1.68 bits per heavy atom. The number of halogens is 1. The molecule has 0 saturated carbocycles. The van der Waals surface area contributed by atoms with Gasteiger partial charge in [0.25, 0.3) is 5.56 Å². The van der Waals surface area contributed by atoms with E-state index in [0.29, 0.717) is 40.7 Å². The normalized spacial score (nSPS) is 11.5. The molecule has 0 fully saturated rings. The first kappa shape index (κ1) is 28.1. The van der Waals surface area contributed by atoms with Gasteiger partial charge in [-0.05, 0) is 85.0 Å². The van der Waals surface area contributed by atoms with Crippen molar-refractivity contribution in [1.82, 2.24) is 9.66 Å². The standard InChI is InChI=1S/C34H32ClN3O3/c1-5-40-32-18-23(4)29(19-28(32)22(2)3)33-37-30-12-8-7-11-27(30)34(39)38(33)36-20-25-10-6-9-13-31(25)41-21-24-14-16-26(35)17-15-24/h6-20,22H,5,21H2,1-4H3. The molecular formula is C34H32ClN3O3. The minimum atomic E-state index is -0.249. The molecule has 0 aliphatic heterocycles. The number of rotatable bonds is 9. The lowest BCUT2D eigenvalue weighted by molar-refractivity contribution is 0.306. The van der Waals surface area contributed by atoms with Crippen molar-refractivity contribution in [2.45, 2.75) is 40.2 Å². The molecule has 208 valence electrons. The summed E-state index contributed by atoms with van der Waals surface area (Å²) < 4.78 is 13.4. The Balaban J connectivity index is 1.60. The van der Waals surface area contributed by atoms with Crippen molar-refractivity contribution in [2.24, 2.45) is 5.10 Å².